The van der Waals surface area contributed by atoms with E-state index in [0.717, 1.165) is 35.3 Å². The van der Waals surface area contributed by atoms with E-state index in [1.807, 2.05) is 18.2 Å². The van der Waals surface area contributed by atoms with Crippen molar-refractivity contribution in [2.45, 2.75) is 58.5 Å². The van der Waals surface area contributed by atoms with Crippen LogP contribution in [-0.2, 0) is 6.54 Å². The Kier molecular flexibility index (Phi) is 5.74. The lowest BCUT2D eigenvalue weighted by molar-refractivity contribution is 0.180. The number of nitrogens with zero attached hydrogens (tertiary/aromatic N) is 1. The van der Waals surface area contributed by atoms with Crippen molar-refractivity contribution in [1.82, 2.24) is 4.90 Å². The number of halogens is 1. The lowest BCUT2D eigenvalue weighted by Crippen LogP contribution is -2.34. The van der Waals surface area contributed by atoms with Crippen LogP contribution in [0.15, 0.2) is 18.2 Å². The molecule has 0 unspecified atom stereocenters. The van der Waals surface area contributed by atoms with E-state index in [1.165, 1.54) is 32.1 Å². The fraction of sp³-hybridized carbons (Fsp3) is 0.647. The summed E-state index contributed by atoms with van der Waals surface area (Å²) in [5.74, 6) is 0.738. The zero-order chi connectivity index (χ0) is 14.5. The van der Waals surface area contributed by atoms with Gasteiger partial charge >= 0.3 is 0 Å². The van der Waals surface area contributed by atoms with Gasteiger partial charge in [-0.25, -0.2) is 0 Å². The highest BCUT2D eigenvalue weighted by molar-refractivity contribution is 6.31. The van der Waals surface area contributed by atoms with E-state index >= 15 is 0 Å². The van der Waals surface area contributed by atoms with Crippen molar-refractivity contribution in [2.24, 2.45) is 5.92 Å². The molecule has 20 heavy (non-hydrogen) atoms. The number of rotatable bonds is 6. The average Bonchev–Trinajstić information content (AvgIpc) is 2.91. The molecule has 0 amide bonds. The molecule has 1 aromatic carbocycles. The molecule has 0 aromatic heterocycles. The van der Waals surface area contributed by atoms with Gasteiger partial charge in [-0.3, -0.25) is 4.90 Å². The smallest absolute Gasteiger partial charge is 0.0471 e. The molecule has 1 aliphatic rings. The summed E-state index contributed by atoms with van der Waals surface area (Å²) in [5.41, 5.74) is 8.04. The molecule has 2 nitrogen and oxygen atoms in total. The van der Waals surface area contributed by atoms with Crippen LogP contribution in [0.25, 0.3) is 0 Å². The minimum Gasteiger partial charge on any atom is -0.398 e. The molecule has 0 saturated heterocycles. The predicted molar refractivity (Wildman–Crippen MR) is 88.0 cm³/mol. The number of nitrogens with two attached hydrogens (primary N) is 1. The third kappa shape index (κ3) is 4.13. The summed E-state index contributed by atoms with van der Waals surface area (Å²) in [6.07, 6.45) is 6.60. The Morgan fingerprint density at radius 1 is 1.30 bits per heavy atom. The number of hydrogen-bond acceptors (Lipinski definition) is 2. The van der Waals surface area contributed by atoms with Crippen LogP contribution in [0.2, 0.25) is 5.02 Å². The standard InChI is InChI=1S/C17H27ClN2/c1-13(2)10-11-20(14-6-3-4-7-14)12-15-16(18)8-5-9-17(15)19/h5,8-9,13-14H,3-4,6-7,10-12,19H2,1-2H3. The second-order valence-corrected chi connectivity index (χ2v) is 6.81. The number of hydrogen-bond donors (Lipinski definition) is 1. The van der Waals surface area contributed by atoms with E-state index in [1.54, 1.807) is 0 Å². The molecule has 0 radical (unpaired) electrons. The van der Waals surface area contributed by atoms with Crippen LogP contribution in [0.1, 0.15) is 51.5 Å². The minimum absolute atomic E-state index is 0.712. The highest BCUT2D eigenvalue weighted by Gasteiger charge is 2.23. The van der Waals surface area contributed by atoms with Gasteiger partial charge in [0.2, 0.25) is 0 Å². The molecule has 1 aromatic rings. The molecule has 1 aliphatic carbocycles. The molecule has 1 saturated carbocycles. The van der Waals surface area contributed by atoms with Crippen molar-refractivity contribution in [3.63, 3.8) is 0 Å². The lowest BCUT2D eigenvalue weighted by Gasteiger charge is -2.30. The van der Waals surface area contributed by atoms with Crippen molar-refractivity contribution in [3.05, 3.63) is 28.8 Å². The van der Waals surface area contributed by atoms with E-state index in [4.69, 9.17) is 17.3 Å². The van der Waals surface area contributed by atoms with Crippen molar-refractivity contribution < 1.29 is 0 Å². The molecule has 0 atom stereocenters. The van der Waals surface area contributed by atoms with E-state index in [2.05, 4.69) is 18.7 Å². The molecule has 2 N–H and O–H groups in total. The quantitative estimate of drug-likeness (QED) is 0.770. The van der Waals surface area contributed by atoms with Gasteiger partial charge < -0.3 is 5.73 Å². The maximum Gasteiger partial charge on any atom is 0.0471 e. The summed E-state index contributed by atoms with van der Waals surface area (Å²) >= 11 is 6.34. The van der Waals surface area contributed by atoms with E-state index < -0.39 is 0 Å². The minimum atomic E-state index is 0.712. The Hall–Kier alpha value is -0.730. The molecular formula is C17H27ClN2. The Labute approximate surface area is 128 Å². The zero-order valence-corrected chi connectivity index (χ0v) is 13.5. The first-order valence-corrected chi connectivity index (χ1v) is 8.22. The Bertz CT molecular complexity index is 405. The molecule has 112 valence electrons. The summed E-state index contributed by atoms with van der Waals surface area (Å²) in [6, 6.07) is 6.54. The van der Waals surface area contributed by atoms with Gasteiger partial charge in [0, 0.05) is 28.9 Å². The highest BCUT2D eigenvalue weighted by Crippen LogP contribution is 2.29. The van der Waals surface area contributed by atoms with Crippen LogP contribution in [0.5, 0.6) is 0 Å². The number of anilines is 1. The fourth-order valence-corrected chi connectivity index (χ4v) is 3.27. The summed E-state index contributed by atoms with van der Waals surface area (Å²) in [6.45, 7) is 6.61. The lowest BCUT2D eigenvalue weighted by atomic mass is 10.1. The van der Waals surface area contributed by atoms with Gasteiger partial charge in [-0.15, -0.1) is 0 Å². The Morgan fingerprint density at radius 2 is 2.00 bits per heavy atom. The number of benzene rings is 1. The third-order valence-corrected chi connectivity index (χ3v) is 4.71. The monoisotopic (exact) mass is 294 g/mol. The van der Waals surface area contributed by atoms with Gasteiger partial charge in [0.15, 0.2) is 0 Å². The van der Waals surface area contributed by atoms with E-state index in [-0.39, 0.29) is 0 Å². The molecule has 0 heterocycles. The highest BCUT2D eigenvalue weighted by atomic mass is 35.5. The molecule has 0 spiro atoms. The first-order valence-electron chi connectivity index (χ1n) is 7.85. The van der Waals surface area contributed by atoms with Crippen LogP contribution in [-0.4, -0.2) is 17.5 Å². The van der Waals surface area contributed by atoms with Crippen LogP contribution in [0, 0.1) is 5.92 Å². The molecule has 0 bridgehead atoms. The third-order valence-electron chi connectivity index (χ3n) is 4.35. The fourth-order valence-electron chi connectivity index (χ4n) is 3.03. The van der Waals surface area contributed by atoms with Crippen LogP contribution in [0.3, 0.4) is 0 Å². The SMILES string of the molecule is CC(C)CCN(Cc1c(N)cccc1Cl)C1CCCC1. The first kappa shape index (κ1) is 15.7. The number of nitrogen functional groups attached to an aromatic ring is 1. The summed E-state index contributed by atoms with van der Waals surface area (Å²) < 4.78 is 0. The van der Waals surface area contributed by atoms with Gasteiger partial charge in [0.1, 0.15) is 0 Å². The van der Waals surface area contributed by atoms with Crippen molar-refractivity contribution in [3.8, 4) is 0 Å². The largest absolute Gasteiger partial charge is 0.398 e. The molecule has 2 rings (SSSR count). The Balaban J connectivity index is 2.09. The normalized spacial score (nSPS) is 16.4. The summed E-state index contributed by atoms with van der Waals surface area (Å²) in [7, 11) is 0. The first-order chi connectivity index (χ1) is 9.58. The van der Waals surface area contributed by atoms with Crippen LogP contribution < -0.4 is 5.73 Å². The van der Waals surface area contributed by atoms with Gasteiger partial charge in [0.25, 0.3) is 0 Å². The van der Waals surface area contributed by atoms with Crippen molar-refractivity contribution >= 4 is 17.3 Å². The molecule has 0 aliphatic heterocycles. The topological polar surface area (TPSA) is 29.3 Å². The van der Waals surface area contributed by atoms with Crippen molar-refractivity contribution in [2.75, 3.05) is 12.3 Å². The maximum atomic E-state index is 6.34. The molecule has 1 fully saturated rings. The van der Waals surface area contributed by atoms with Gasteiger partial charge in [-0.2, -0.15) is 0 Å². The summed E-state index contributed by atoms with van der Waals surface area (Å²) in [4.78, 5) is 2.60. The Morgan fingerprint density at radius 3 is 2.60 bits per heavy atom. The predicted octanol–water partition coefficient (Wildman–Crippen LogP) is 4.71. The average molecular weight is 295 g/mol. The van der Waals surface area contributed by atoms with Crippen LogP contribution >= 0.6 is 11.6 Å². The van der Waals surface area contributed by atoms with Gasteiger partial charge in [-0.05, 0) is 43.9 Å². The maximum absolute atomic E-state index is 6.34. The van der Waals surface area contributed by atoms with Crippen LogP contribution in [0.4, 0.5) is 5.69 Å². The van der Waals surface area contributed by atoms with E-state index in [9.17, 15) is 0 Å². The van der Waals surface area contributed by atoms with Gasteiger partial charge in [-0.1, -0.05) is 44.4 Å². The zero-order valence-electron chi connectivity index (χ0n) is 12.7. The summed E-state index contributed by atoms with van der Waals surface area (Å²) in [5, 5.41) is 0.803. The molecule has 3 heteroatoms. The second kappa shape index (κ2) is 7.33. The molecular weight excluding hydrogens is 268 g/mol. The second-order valence-electron chi connectivity index (χ2n) is 6.40. The van der Waals surface area contributed by atoms with Gasteiger partial charge in [0.05, 0.1) is 0 Å². The van der Waals surface area contributed by atoms with Crippen molar-refractivity contribution in [1.29, 1.82) is 0 Å². The van der Waals surface area contributed by atoms with E-state index in [0.29, 0.717) is 6.04 Å².